The van der Waals surface area contributed by atoms with Crippen LogP contribution in [0.5, 0.6) is 5.75 Å². The zero-order valence-corrected chi connectivity index (χ0v) is 6.66. The molecule has 0 saturated carbocycles. The Kier molecular flexibility index (Phi) is 2.93. The lowest BCUT2D eigenvalue weighted by atomic mass is 10.3. The second kappa shape index (κ2) is 3.98. The zero-order chi connectivity index (χ0) is 8.10. The molecule has 2 heteroatoms. The summed E-state index contributed by atoms with van der Waals surface area (Å²) in [7, 11) is 0. The van der Waals surface area contributed by atoms with Crippen LogP contribution in [-0.4, -0.2) is 6.23 Å². The van der Waals surface area contributed by atoms with E-state index in [0.29, 0.717) is 0 Å². The van der Waals surface area contributed by atoms with E-state index >= 15 is 0 Å². The molecular weight excluding hydrogens is 138 g/mol. The molecule has 0 aromatic heterocycles. The molecule has 0 saturated heterocycles. The molecule has 0 aliphatic heterocycles. The summed E-state index contributed by atoms with van der Waals surface area (Å²) in [6.45, 7) is 1.99. The molecule has 1 aromatic rings. The van der Waals surface area contributed by atoms with E-state index in [1.807, 2.05) is 37.3 Å². The smallest absolute Gasteiger partial charge is 0.147 e. The van der Waals surface area contributed by atoms with Gasteiger partial charge in [-0.2, -0.15) is 0 Å². The maximum absolute atomic E-state index is 5.58. The Morgan fingerprint density at radius 3 is 2.55 bits per heavy atom. The Balaban J connectivity index is 2.51. The minimum atomic E-state index is -0.183. The van der Waals surface area contributed by atoms with Crippen LogP contribution in [0.15, 0.2) is 30.3 Å². The largest absolute Gasteiger partial charge is 0.476 e. The van der Waals surface area contributed by atoms with Gasteiger partial charge in [-0.15, -0.1) is 0 Å². The van der Waals surface area contributed by atoms with E-state index < -0.39 is 0 Å². The minimum Gasteiger partial charge on any atom is -0.476 e. The van der Waals surface area contributed by atoms with Crippen molar-refractivity contribution in [3.63, 3.8) is 0 Å². The van der Waals surface area contributed by atoms with Crippen molar-refractivity contribution in [1.29, 1.82) is 0 Å². The van der Waals surface area contributed by atoms with Crippen LogP contribution < -0.4 is 10.5 Å². The third kappa shape index (κ3) is 2.60. The first-order chi connectivity index (χ1) is 5.33. The van der Waals surface area contributed by atoms with Crippen LogP contribution in [0.2, 0.25) is 0 Å². The lowest BCUT2D eigenvalue weighted by Crippen LogP contribution is -2.25. The summed E-state index contributed by atoms with van der Waals surface area (Å²) in [6, 6.07) is 9.60. The molecular formula is C9H13NO. The monoisotopic (exact) mass is 151 g/mol. The number of benzene rings is 1. The molecule has 0 aliphatic rings. The van der Waals surface area contributed by atoms with Crippen LogP contribution in [0.25, 0.3) is 0 Å². The maximum Gasteiger partial charge on any atom is 0.147 e. The molecule has 0 bridgehead atoms. The highest BCUT2D eigenvalue weighted by atomic mass is 16.5. The number of ether oxygens (including phenoxy) is 1. The van der Waals surface area contributed by atoms with Gasteiger partial charge in [0.15, 0.2) is 0 Å². The summed E-state index contributed by atoms with van der Waals surface area (Å²) in [5, 5.41) is 0. The zero-order valence-electron chi connectivity index (χ0n) is 6.66. The van der Waals surface area contributed by atoms with E-state index in [-0.39, 0.29) is 6.23 Å². The fraction of sp³-hybridized carbons (Fsp3) is 0.333. The predicted molar refractivity (Wildman–Crippen MR) is 45.3 cm³/mol. The van der Waals surface area contributed by atoms with Crippen molar-refractivity contribution < 1.29 is 4.74 Å². The van der Waals surface area contributed by atoms with Gasteiger partial charge in [-0.05, 0) is 18.6 Å². The first-order valence-corrected chi connectivity index (χ1v) is 3.80. The second-order valence-electron chi connectivity index (χ2n) is 2.38. The first kappa shape index (κ1) is 8.08. The van der Waals surface area contributed by atoms with Crippen molar-refractivity contribution in [2.75, 3.05) is 0 Å². The van der Waals surface area contributed by atoms with Crippen LogP contribution in [0.1, 0.15) is 13.3 Å². The Labute approximate surface area is 67.0 Å². The number of nitrogens with two attached hydrogens (primary N) is 1. The maximum atomic E-state index is 5.58. The van der Waals surface area contributed by atoms with Gasteiger partial charge < -0.3 is 4.74 Å². The van der Waals surface area contributed by atoms with Crippen molar-refractivity contribution in [3.05, 3.63) is 30.3 Å². The number of hydrogen-bond acceptors (Lipinski definition) is 2. The molecule has 1 rings (SSSR count). The molecule has 0 heterocycles. The molecule has 0 amide bonds. The second-order valence-corrected chi connectivity index (χ2v) is 2.38. The van der Waals surface area contributed by atoms with Crippen molar-refractivity contribution in [3.8, 4) is 5.75 Å². The quantitative estimate of drug-likeness (QED) is 0.668. The summed E-state index contributed by atoms with van der Waals surface area (Å²) in [6.07, 6.45) is 0.645. The Morgan fingerprint density at radius 1 is 1.36 bits per heavy atom. The molecule has 0 unspecified atom stereocenters. The fourth-order valence-corrected chi connectivity index (χ4v) is 0.757. The summed E-state index contributed by atoms with van der Waals surface area (Å²) < 4.78 is 5.34. The summed E-state index contributed by atoms with van der Waals surface area (Å²) in [5.74, 6) is 0.835. The van der Waals surface area contributed by atoms with Gasteiger partial charge in [0.05, 0.1) is 0 Å². The van der Waals surface area contributed by atoms with Crippen molar-refractivity contribution in [1.82, 2.24) is 0 Å². The third-order valence-electron chi connectivity index (χ3n) is 1.43. The van der Waals surface area contributed by atoms with Crippen LogP contribution in [-0.2, 0) is 0 Å². The highest BCUT2D eigenvalue weighted by Gasteiger charge is 1.98. The van der Waals surface area contributed by atoms with Gasteiger partial charge in [0.1, 0.15) is 12.0 Å². The predicted octanol–water partition coefficient (Wildman–Crippen LogP) is 1.76. The molecule has 2 nitrogen and oxygen atoms in total. The van der Waals surface area contributed by atoms with E-state index in [4.69, 9.17) is 10.5 Å². The molecule has 60 valence electrons. The lowest BCUT2D eigenvalue weighted by Gasteiger charge is -2.11. The SMILES string of the molecule is CC[C@H](N)Oc1ccccc1. The number of para-hydroxylation sites is 1. The number of rotatable bonds is 3. The van der Waals surface area contributed by atoms with Crippen LogP contribution in [0, 0.1) is 0 Å². The Hall–Kier alpha value is -1.02. The third-order valence-corrected chi connectivity index (χ3v) is 1.43. The molecule has 0 fully saturated rings. The molecule has 1 aromatic carbocycles. The summed E-state index contributed by atoms with van der Waals surface area (Å²) in [5.41, 5.74) is 5.58. The van der Waals surface area contributed by atoms with E-state index in [1.54, 1.807) is 0 Å². The minimum absolute atomic E-state index is 0.183. The molecule has 0 aliphatic carbocycles. The summed E-state index contributed by atoms with van der Waals surface area (Å²) in [4.78, 5) is 0. The van der Waals surface area contributed by atoms with Crippen LogP contribution in [0.3, 0.4) is 0 Å². The Bertz CT molecular complexity index is 198. The molecule has 2 N–H and O–H groups in total. The molecule has 11 heavy (non-hydrogen) atoms. The molecule has 0 radical (unpaired) electrons. The van der Waals surface area contributed by atoms with Gasteiger partial charge in [0, 0.05) is 0 Å². The van der Waals surface area contributed by atoms with Gasteiger partial charge in [-0.1, -0.05) is 25.1 Å². The standard InChI is InChI=1S/C9H13NO/c1-2-9(10)11-8-6-4-3-5-7-8/h3-7,9H,2,10H2,1H3/t9-/m1/s1. The van der Waals surface area contributed by atoms with Gasteiger partial charge >= 0.3 is 0 Å². The van der Waals surface area contributed by atoms with Gasteiger partial charge in [-0.25, -0.2) is 0 Å². The highest BCUT2D eigenvalue weighted by Crippen LogP contribution is 2.09. The lowest BCUT2D eigenvalue weighted by molar-refractivity contribution is 0.205. The van der Waals surface area contributed by atoms with E-state index in [0.717, 1.165) is 12.2 Å². The van der Waals surface area contributed by atoms with Gasteiger partial charge in [-0.3, -0.25) is 5.73 Å². The number of hydrogen-bond donors (Lipinski definition) is 1. The molecule has 0 spiro atoms. The van der Waals surface area contributed by atoms with Crippen LogP contribution in [0.4, 0.5) is 0 Å². The van der Waals surface area contributed by atoms with Gasteiger partial charge in [0.25, 0.3) is 0 Å². The average molecular weight is 151 g/mol. The van der Waals surface area contributed by atoms with E-state index in [2.05, 4.69) is 0 Å². The van der Waals surface area contributed by atoms with E-state index in [1.165, 1.54) is 0 Å². The first-order valence-electron chi connectivity index (χ1n) is 3.80. The van der Waals surface area contributed by atoms with Crippen LogP contribution >= 0.6 is 0 Å². The average Bonchev–Trinajstić information content (AvgIpc) is 2.06. The Morgan fingerprint density at radius 2 is 2.00 bits per heavy atom. The normalized spacial score (nSPS) is 12.5. The van der Waals surface area contributed by atoms with Gasteiger partial charge in [0.2, 0.25) is 0 Å². The van der Waals surface area contributed by atoms with Crippen molar-refractivity contribution >= 4 is 0 Å². The fourth-order valence-electron chi connectivity index (χ4n) is 0.757. The van der Waals surface area contributed by atoms with E-state index in [9.17, 15) is 0 Å². The highest BCUT2D eigenvalue weighted by molar-refractivity contribution is 5.21. The molecule has 1 atom stereocenters. The van der Waals surface area contributed by atoms with Crippen molar-refractivity contribution in [2.24, 2.45) is 5.73 Å². The van der Waals surface area contributed by atoms with Crippen molar-refractivity contribution in [2.45, 2.75) is 19.6 Å². The summed E-state index contributed by atoms with van der Waals surface area (Å²) >= 11 is 0. The topological polar surface area (TPSA) is 35.2 Å².